The van der Waals surface area contributed by atoms with Crippen molar-refractivity contribution in [3.8, 4) is 5.75 Å². The Balaban J connectivity index is 2.60. The van der Waals surface area contributed by atoms with Crippen molar-refractivity contribution in [2.75, 3.05) is 6.61 Å². The van der Waals surface area contributed by atoms with Crippen molar-refractivity contribution in [2.45, 2.75) is 19.4 Å². The first-order valence-electron chi connectivity index (χ1n) is 4.15. The number of ether oxygens (including phenoxy) is 1. The number of para-hydroxylation sites is 1. The van der Waals surface area contributed by atoms with Gasteiger partial charge in [0.05, 0.1) is 0 Å². The molecule has 0 atom stereocenters. The maximum Gasteiger partial charge on any atom is 0.165 e. The van der Waals surface area contributed by atoms with Crippen LogP contribution in [-0.4, -0.2) is 12.1 Å². The smallest absolute Gasteiger partial charge is 0.165 e. The average Bonchev–Trinajstić information content (AvgIpc) is 2.01. The first-order valence-corrected chi connectivity index (χ1v) is 4.15. The fourth-order valence-electron chi connectivity index (χ4n) is 0.826. The summed E-state index contributed by atoms with van der Waals surface area (Å²) in [4.78, 5) is 0. The minimum Gasteiger partial charge on any atom is -0.489 e. The molecule has 72 valence electrons. The largest absolute Gasteiger partial charge is 0.489 e. The van der Waals surface area contributed by atoms with Gasteiger partial charge in [-0.1, -0.05) is 12.1 Å². The fraction of sp³-hybridized carbons (Fsp3) is 0.400. The zero-order chi connectivity index (χ0) is 9.90. The molecule has 0 spiro atoms. The van der Waals surface area contributed by atoms with Crippen LogP contribution in [0, 0.1) is 5.82 Å². The molecule has 0 bridgehead atoms. The Bertz CT molecular complexity index is 280. The molecule has 0 saturated carbocycles. The molecule has 0 heterocycles. The molecule has 1 aromatic carbocycles. The lowest BCUT2D eigenvalue weighted by molar-refractivity contribution is 0.234. The maximum atomic E-state index is 13.0. The molecule has 0 radical (unpaired) electrons. The van der Waals surface area contributed by atoms with E-state index < -0.39 is 5.54 Å². The van der Waals surface area contributed by atoms with Gasteiger partial charge in [0.15, 0.2) is 11.6 Å². The van der Waals surface area contributed by atoms with Crippen LogP contribution < -0.4 is 10.5 Å². The highest BCUT2D eigenvalue weighted by Crippen LogP contribution is 2.16. The van der Waals surface area contributed by atoms with E-state index in [0.29, 0.717) is 6.61 Å². The van der Waals surface area contributed by atoms with Gasteiger partial charge in [0.25, 0.3) is 0 Å². The third kappa shape index (κ3) is 3.42. The van der Waals surface area contributed by atoms with Crippen LogP contribution in [0.1, 0.15) is 13.8 Å². The van der Waals surface area contributed by atoms with E-state index in [0.717, 1.165) is 0 Å². The summed E-state index contributed by atoms with van der Waals surface area (Å²) in [6, 6.07) is 6.29. The van der Waals surface area contributed by atoms with Crippen LogP contribution in [0.4, 0.5) is 4.39 Å². The highest BCUT2D eigenvalue weighted by Gasteiger charge is 2.12. The Morgan fingerprint density at radius 2 is 2.00 bits per heavy atom. The third-order valence-corrected chi connectivity index (χ3v) is 1.44. The highest BCUT2D eigenvalue weighted by molar-refractivity contribution is 5.23. The number of hydrogen-bond donors (Lipinski definition) is 1. The van der Waals surface area contributed by atoms with Gasteiger partial charge < -0.3 is 10.5 Å². The van der Waals surface area contributed by atoms with E-state index in [1.54, 1.807) is 18.2 Å². The third-order valence-electron chi connectivity index (χ3n) is 1.44. The molecular formula is C10H14FNO. The van der Waals surface area contributed by atoms with Crippen LogP contribution in [0.15, 0.2) is 24.3 Å². The summed E-state index contributed by atoms with van der Waals surface area (Å²) in [5.74, 6) is -0.104. The lowest BCUT2D eigenvalue weighted by Gasteiger charge is -2.18. The molecule has 0 unspecified atom stereocenters. The van der Waals surface area contributed by atoms with Gasteiger partial charge in [0, 0.05) is 5.54 Å². The average molecular weight is 183 g/mol. The lowest BCUT2D eigenvalue weighted by atomic mass is 10.1. The van der Waals surface area contributed by atoms with Crippen molar-refractivity contribution < 1.29 is 9.13 Å². The Kier molecular flexibility index (Phi) is 2.88. The van der Waals surface area contributed by atoms with Crippen LogP contribution in [0.3, 0.4) is 0 Å². The predicted molar refractivity (Wildman–Crippen MR) is 50.2 cm³/mol. The van der Waals surface area contributed by atoms with E-state index in [9.17, 15) is 4.39 Å². The molecule has 1 aromatic rings. The zero-order valence-corrected chi connectivity index (χ0v) is 7.88. The molecule has 0 amide bonds. The maximum absolute atomic E-state index is 13.0. The molecule has 1 rings (SSSR count). The van der Waals surface area contributed by atoms with E-state index in [-0.39, 0.29) is 11.6 Å². The quantitative estimate of drug-likeness (QED) is 0.777. The molecule has 13 heavy (non-hydrogen) atoms. The van der Waals surface area contributed by atoms with Gasteiger partial charge in [-0.25, -0.2) is 4.39 Å². The van der Waals surface area contributed by atoms with Crippen LogP contribution in [0.5, 0.6) is 5.75 Å². The Labute approximate surface area is 77.5 Å². The Hall–Kier alpha value is -1.09. The van der Waals surface area contributed by atoms with E-state index in [1.165, 1.54) is 6.07 Å². The summed E-state index contributed by atoms with van der Waals surface area (Å²) < 4.78 is 18.2. The van der Waals surface area contributed by atoms with Crippen molar-refractivity contribution in [3.63, 3.8) is 0 Å². The predicted octanol–water partition coefficient (Wildman–Crippen LogP) is 1.94. The van der Waals surface area contributed by atoms with Crippen LogP contribution in [-0.2, 0) is 0 Å². The van der Waals surface area contributed by atoms with Gasteiger partial charge >= 0.3 is 0 Å². The van der Waals surface area contributed by atoms with Gasteiger partial charge in [0.2, 0.25) is 0 Å². The van der Waals surface area contributed by atoms with Gasteiger partial charge in [-0.15, -0.1) is 0 Å². The van der Waals surface area contributed by atoms with E-state index in [1.807, 2.05) is 13.8 Å². The molecule has 0 aliphatic rings. The van der Waals surface area contributed by atoms with Gasteiger partial charge in [-0.2, -0.15) is 0 Å². The topological polar surface area (TPSA) is 35.2 Å². The van der Waals surface area contributed by atoms with E-state index >= 15 is 0 Å². The lowest BCUT2D eigenvalue weighted by Crippen LogP contribution is -2.38. The number of hydrogen-bond acceptors (Lipinski definition) is 2. The summed E-state index contributed by atoms with van der Waals surface area (Å²) >= 11 is 0. The molecule has 0 aliphatic heterocycles. The van der Waals surface area contributed by atoms with Crippen molar-refractivity contribution in [1.82, 2.24) is 0 Å². The van der Waals surface area contributed by atoms with E-state index in [2.05, 4.69) is 0 Å². The Morgan fingerprint density at radius 1 is 1.38 bits per heavy atom. The monoisotopic (exact) mass is 183 g/mol. The van der Waals surface area contributed by atoms with Crippen molar-refractivity contribution in [1.29, 1.82) is 0 Å². The molecule has 0 aliphatic carbocycles. The molecule has 0 fully saturated rings. The molecule has 2 N–H and O–H groups in total. The molecule has 3 heteroatoms. The van der Waals surface area contributed by atoms with Gasteiger partial charge in [0.1, 0.15) is 6.61 Å². The fourth-order valence-corrected chi connectivity index (χ4v) is 0.826. The number of halogens is 1. The Morgan fingerprint density at radius 3 is 2.54 bits per heavy atom. The second-order valence-electron chi connectivity index (χ2n) is 3.71. The summed E-state index contributed by atoms with van der Waals surface area (Å²) in [6.07, 6.45) is 0. The number of nitrogens with two attached hydrogens (primary N) is 1. The van der Waals surface area contributed by atoms with Crippen molar-refractivity contribution >= 4 is 0 Å². The normalized spacial score (nSPS) is 11.4. The molecule has 2 nitrogen and oxygen atoms in total. The van der Waals surface area contributed by atoms with Crippen molar-refractivity contribution in [3.05, 3.63) is 30.1 Å². The van der Waals surface area contributed by atoms with Gasteiger partial charge in [-0.3, -0.25) is 0 Å². The minimum atomic E-state index is -0.442. The minimum absolute atomic E-state index is 0.251. The molecule has 0 saturated heterocycles. The van der Waals surface area contributed by atoms with E-state index in [4.69, 9.17) is 10.5 Å². The van der Waals surface area contributed by atoms with Gasteiger partial charge in [-0.05, 0) is 26.0 Å². The number of benzene rings is 1. The summed E-state index contributed by atoms with van der Waals surface area (Å²) in [6.45, 7) is 3.95. The summed E-state index contributed by atoms with van der Waals surface area (Å²) in [5.41, 5.74) is 5.24. The standard InChI is InChI=1S/C10H14FNO/c1-10(2,12)7-13-9-6-4-3-5-8(9)11/h3-6H,7,12H2,1-2H3. The summed E-state index contributed by atoms with van der Waals surface area (Å²) in [7, 11) is 0. The number of rotatable bonds is 3. The first kappa shape index (κ1) is 9.99. The van der Waals surface area contributed by atoms with Crippen LogP contribution in [0.2, 0.25) is 0 Å². The van der Waals surface area contributed by atoms with Crippen molar-refractivity contribution in [2.24, 2.45) is 5.73 Å². The summed E-state index contributed by atoms with van der Waals surface area (Å²) in [5, 5.41) is 0. The zero-order valence-electron chi connectivity index (χ0n) is 7.88. The highest BCUT2D eigenvalue weighted by atomic mass is 19.1. The van der Waals surface area contributed by atoms with Crippen LogP contribution >= 0.6 is 0 Å². The second kappa shape index (κ2) is 3.75. The first-order chi connectivity index (χ1) is 5.99. The SMILES string of the molecule is CC(C)(N)COc1ccccc1F. The second-order valence-corrected chi connectivity index (χ2v) is 3.71. The molecular weight excluding hydrogens is 169 g/mol. The van der Waals surface area contributed by atoms with Crippen LogP contribution in [0.25, 0.3) is 0 Å². The molecule has 0 aromatic heterocycles.